The molecule has 0 saturated heterocycles. The van der Waals surface area contributed by atoms with E-state index in [2.05, 4.69) is 24.4 Å². The molecule has 2 amide bonds. The van der Waals surface area contributed by atoms with Crippen molar-refractivity contribution in [3.05, 3.63) is 23.4 Å². The van der Waals surface area contributed by atoms with Gasteiger partial charge in [0, 0.05) is 25.2 Å². The quantitative estimate of drug-likeness (QED) is 0.836. The van der Waals surface area contributed by atoms with Crippen molar-refractivity contribution in [3.8, 4) is 0 Å². The number of carbonyl (C=O) groups is 2. The van der Waals surface area contributed by atoms with Crippen LogP contribution in [0.15, 0.2) is 23.4 Å². The minimum atomic E-state index is -0.500. The fourth-order valence-corrected chi connectivity index (χ4v) is 3.19. The number of nitrogens with zero attached hydrogens (tertiary/aromatic N) is 1. The van der Waals surface area contributed by atoms with E-state index in [1.54, 1.807) is 11.8 Å². The summed E-state index contributed by atoms with van der Waals surface area (Å²) in [5.74, 6) is 0.440. The summed E-state index contributed by atoms with van der Waals surface area (Å²) in [6.45, 7) is 10.0. The molecule has 0 fully saturated rings. The molecule has 0 aromatic heterocycles. The topological polar surface area (TPSA) is 58.6 Å². The molecule has 2 aliphatic rings. The van der Waals surface area contributed by atoms with Crippen LogP contribution < -0.4 is 5.32 Å². The molecule has 2 atom stereocenters. The van der Waals surface area contributed by atoms with Gasteiger partial charge in [-0.15, -0.1) is 0 Å². The average molecular weight is 334 g/mol. The van der Waals surface area contributed by atoms with Crippen molar-refractivity contribution >= 4 is 12.0 Å². The Balaban J connectivity index is 2.13. The first kappa shape index (κ1) is 18.6. The Morgan fingerprint density at radius 1 is 1.25 bits per heavy atom. The van der Waals surface area contributed by atoms with Crippen LogP contribution in [0.5, 0.6) is 0 Å². The summed E-state index contributed by atoms with van der Waals surface area (Å²) in [7, 11) is 0. The number of allylic oxidation sites excluding steroid dienone is 2. The van der Waals surface area contributed by atoms with Crippen LogP contribution in [0.2, 0.25) is 0 Å². The highest BCUT2D eigenvalue weighted by Crippen LogP contribution is 2.32. The van der Waals surface area contributed by atoms with E-state index >= 15 is 0 Å². The van der Waals surface area contributed by atoms with Crippen molar-refractivity contribution in [2.24, 2.45) is 5.92 Å². The maximum absolute atomic E-state index is 12.6. The number of amides is 2. The molecule has 2 unspecified atom stereocenters. The minimum absolute atomic E-state index is 0.0120. The number of carbonyl (C=O) groups excluding carboxylic acids is 2. The molecule has 0 spiro atoms. The lowest BCUT2D eigenvalue weighted by Crippen LogP contribution is -2.41. The molecular formula is C19H30N2O3. The van der Waals surface area contributed by atoms with Crippen molar-refractivity contribution in [1.29, 1.82) is 0 Å². The Hall–Kier alpha value is -1.78. The SMILES string of the molecule is CC(=O)NC1CC=C(C2=CCC(C)CN2C(=O)OC(C)(C)C)CC1. The van der Waals surface area contributed by atoms with Crippen LogP contribution in [-0.2, 0) is 9.53 Å². The molecule has 1 N–H and O–H groups in total. The standard InChI is InChI=1S/C19H30N2O3/c1-13-6-11-17(21(12-13)18(23)24-19(3,4)5)15-7-9-16(10-8-15)20-14(2)22/h7,11,13,16H,6,8-10,12H2,1-5H3,(H,20,22). The van der Waals surface area contributed by atoms with E-state index in [0.29, 0.717) is 12.5 Å². The molecule has 5 heteroatoms. The van der Waals surface area contributed by atoms with Gasteiger partial charge in [0.2, 0.25) is 5.91 Å². The van der Waals surface area contributed by atoms with Gasteiger partial charge < -0.3 is 10.1 Å². The second kappa shape index (κ2) is 7.41. The van der Waals surface area contributed by atoms with Crippen molar-refractivity contribution in [3.63, 3.8) is 0 Å². The van der Waals surface area contributed by atoms with Gasteiger partial charge >= 0.3 is 6.09 Å². The zero-order valence-corrected chi connectivity index (χ0v) is 15.5. The Bertz CT molecular complexity index is 557. The molecule has 24 heavy (non-hydrogen) atoms. The van der Waals surface area contributed by atoms with Crippen molar-refractivity contribution in [2.45, 2.75) is 71.9 Å². The molecule has 134 valence electrons. The monoisotopic (exact) mass is 334 g/mol. The predicted octanol–water partition coefficient (Wildman–Crippen LogP) is 3.76. The first-order valence-corrected chi connectivity index (χ1v) is 8.83. The fraction of sp³-hybridized carbons (Fsp3) is 0.684. The smallest absolute Gasteiger partial charge is 0.414 e. The second-order valence-corrected chi connectivity index (χ2v) is 7.92. The molecule has 0 saturated carbocycles. The maximum atomic E-state index is 12.6. The summed E-state index contributed by atoms with van der Waals surface area (Å²) in [6.07, 6.45) is 7.59. The molecule has 1 aliphatic heterocycles. The van der Waals surface area contributed by atoms with E-state index in [4.69, 9.17) is 4.74 Å². The highest BCUT2D eigenvalue weighted by Gasteiger charge is 2.31. The van der Waals surface area contributed by atoms with Gasteiger partial charge in [0.05, 0.1) is 0 Å². The minimum Gasteiger partial charge on any atom is -0.443 e. The zero-order chi connectivity index (χ0) is 17.9. The van der Waals surface area contributed by atoms with Gasteiger partial charge in [0.15, 0.2) is 0 Å². The third kappa shape index (κ3) is 5.11. The molecule has 0 bridgehead atoms. The first-order valence-electron chi connectivity index (χ1n) is 8.83. The molecular weight excluding hydrogens is 304 g/mol. The fourth-order valence-electron chi connectivity index (χ4n) is 3.19. The van der Waals surface area contributed by atoms with Gasteiger partial charge in [-0.05, 0) is 57.9 Å². The number of ether oxygens (including phenoxy) is 1. The van der Waals surface area contributed by atoms with Crippen LogP contribution in [0.25, 0.3) is 0 Å². The van der Waals surface area contributed by atoms with Gasteiger partial charge in [-0.2, -0.15) is 0 Å². The van der Waals surface area contributed by atoms with E-state index in [-0.39, 0.29) is 18.0 Å². The lowest BCUT2D eigenvalue weighted by molar-refractivity contribution is -0.119. The van der Waals surface area contributed by atoms with E-state index in [0.717, 1.165) is 31.4 Å². The van der Waals surface area contributed by atoms with Crippen molar-refractivity contribution < 1.29 is 14.3 Å². The van der Waals surface area contributed by atoms with Crippen LogP contribution in [0.1, 0.15) is 60.3 Å². The summed E-state index contributed by atoms with van der Waals surface area (Å²) in [6, 6.07) is 0.198. The van der Waals surface area contributed by atoms with Gasteiger partial charge in [-0.3, -0.25) is 9.69 Å². The molecule has 1 aliphatic carbocycles. The van der Waals surface area contributed by atoms with Gasteiger partial charge in [0.25, 0.3) is 0 Å². The number of nitrogens with one attached hydrogen (secondary N) is 1. The Kier molecular flexibility index (Phi) is 5.73. The molecule has 0 radical (unpaired) electrons. The summed E-state index contributed by atoms with van der Waals surface area (Å²) in [4.78, 5) is 25.6. The van der Waals surface area contributed by atoms with E-state index in [9.17, 15) is 9.59 Å². The predicted molar refractivity (Wildman–Crippen MR) is 94.3 cm³/mol. The Morgan fingerprint density at radius 2 is 1.96 bits per heavy atom. The Labute approximate surface area is 145 Å². The van der Waals surface area contributed by atoms with Crippen molar-refractivity contribution in [2.75, 3.05) is 6.54 Å². The highest BCUT2D eigenvalue weighted by molar-refractivity contribution is 5.73. The lowest BCUT2D eigenvalue weighted by atomic mass is 9.90. The van der Waals surface area contributed by atoms with E-state index in [1.165, 1.54) is 5.57 Å². The second-order valence-electron chi connectivity index (χ2n) is 7.92. The maximum Gasteiger partial charge on any atom is 0.414 e. The molecule has 0 aromatic carbocycles. The molecule has 1 heterocycles. The highest BCUT2D eigenvalue weighted by atomic mass is 16.6. The van der Waals surface area contributed by atoms with E-state index in [1.807, 2.05) is 20.8 Å². The number of hydrogen-bond donors (Lipinski definition) is 1. The van der Waals surface area contributed by atoms with Gasteiger partial charge in [0.1, 0.15) is 5.60 Å². The van der Waals surface area contributed by atoms with Crippen LogP contribution in [0.3, 0.4) is 0 Å². The van der Waals surface area contributed by atoms with E-state index < -0.39 is 5.60 Å². The summed E-state index contributed by atoms with van der Waals surface area (Å²) in [5.41, 5.74) is 1.68. The number of hydrogen-bond acceptors (Lipinski definition) is 3. The van der Waals surface area contributed by atoms with Crippen LogP contribution in [0, 0.1) is 5.92 Å². The normalized spacial score (nSPS) is 24.8. The van der Waals surface area contributed by atoms with Crippen LogP contribution >= 0.6 is 0 Å². The van der Waals surface area contributed by atoms with Crippen molar-refractivity contribution in [1.82, 2.24) is 10.2 Å². The molecule has 0 aromatic rings. The average Bonchev–Trinajstić information content (AvgIpc) is 2.46. The molecule has 5 nitrogen and oxygen atoms in total. The van der Waals surface area contributed by atoms with Crippen LogP contribution in [-0.4, -0.2) is 35.1 Å². The third-order valence-electron chi connectivity index (χ3n) is 4.26. The summed E-state index contributed by atoms with van der Waals surface area (Å²) >= 11 is 0. The Morgan fingerprint density at radius 3 is 2.50 bits per heavy atom. The number of rotatable bonds is 2. The molecule has 2 rings (SSSR count). The summed E-state index contributed by atoms with van der Waals surface area (Å²) in [5, 5.41) is 2.97. The lowest BCUT2D eigenvalue weighted by Gasteiger charge is -2.36. The van der Waals surface area contributed by atoms with Gasteiger partial charge in [-0.25, -0.2) is 4.79 Å². The third-order valence-corrected chi connectivity index (χ3v) is 4.26. The zero-order valence-electron chi connectivity index (χ0n) is 15.5. The first-order chi connectivity index (χ1) is 11.2. The largest absolute Gasteiger partial charge is 0.443 e. The van der Waals surface area contributed by atoms with Gasteiger partial charge in [-0.1, -0.05) is 19.1 Å². The summed E-state index contributed by atoms with van der Waals surface area (Å²) < 4.78 is 5.58. The van der Waals surface area contributed by atoms with Crippen LogP contribution in [0.4, 0.5) is 4.79 Å².